The zero-order valence-corrected chi connectivity index (χ0v) is 10.9. The first-order chi connectivity index (χ1) is 7.62. The Morgan fingerprint density at radius 3 is 2.69 bits per heavy atom. The zero-order valence-electron chi connectivity index (χ0n) is 10.1. The van der Waals surface area contributed by atoms with Gasteiger partial charge in [0.2, 0.25) is 10.0 Å². The van der Waals surface area contributed by atoms with Gasteiger partial charge in [-0.05, 0) is 19.9 Å². The molecule has 1 fully saturated rings. The van der Waals surface area contributed by atoms with E-state index in [0.717, 1.165) is 6.54 Å². The number of likely N-dealkylation sites (N-methyl/N-ethyl adjacent to an activating group) is 1. The average molecular weight is 250 g/mol. The number of nitrogens with one attached hydrogen (secondary N) is 1. The second-order valence-electron chi connectivity index (χ2n) is 3.85. The lowest BCUT2D eigenvalue weighted by Gasteiger charge is -2.23. The average Bonchev–Trinajstić information content (AvgIpc) is 2.78. The molecule has 1 atom stereocenters. The lowest BCUT2D eigenvalue weighted by molar-refractivity contribution is 0.135. The van der Waals surface area contributed by atoms with Crippen molar-refractivity contribution in [2.75, 3.05) is 39.4 Å². The smallest absolute Gasteiger partial charge is 0.218 e. The van der Waals surface area contributed by atoms with Crippen LogP contribution in [0.25, 0.3) is 0 Å². The van der Waals surface area contributed by atoms with Gasteiger partial charge in [-0.25, -0.2) is 8.42 Å². The summed E-state index contributed by atoms with van der Waals surface area (Å²) in [7, 11) is -3.14. The van der Waals surface area contributed by atoms with E-state index in [4.69, 9.17) is 4.74 Å². The van der Waals surface area contributed by atoms with E-state index in [2.05, 4.69) is 5.32 Å². The molecule has 1 aliphatic rings. The number of sulfonamides is 1. The molecule has 1 heterocycles. The van der Waals surface area contributed by atoms with Crippen LogP contribution < -0.4 is 5.32 Å². The van der Waals surface area contributed by atoms with Crippen LogP contribution in [0.3, 0.4) is 0 Å². The molecule has 5 nitrogen and oxygen atoms in total. The Morgan fingerprint density at radius 2 is 2.19 bits per heavy atom. The number of hydrogen-bond donors (Lipinski definition) is 1. The Kier molecular flexibility index (Phi) is 5.68. The third kappa shape index (κ3) is 3.41. The molecule has 0 aliphatic carbocycles. The molecule has 16 heavy (non-hydrogen) atoms. The van der Waals surface area contributed by atoms with E-state index in [1.807, 2.05) is 13.8 Å². The molecular weight excluding hydrogens is 228 g/mol. The van der Waals surface area contributed by atoms with E-state index >= 15 is 0 Å². The molecule has 0 radical (unpaired) electrons. The molecule has 96 valence electrons. The van der Waals surface area contributed by atoms with Gasteiger partial charge in [-0.3, -0.25) is 0 Å². The van der Waals surface area contributed by atoms with E-state index in [1.165, 1.54) is 4.31 Å². The minimum Gasteiger partial charge on any atom is -0.380 e. The Labute approximate surface area is 98.2 Å². The van der Waals surface area contributed by atoms with Crippen molar-refractivity contribution in [2.24, 2.45) is 0 Å². The lowest BCUT2D eigenvalue weighted by Crippen LogP contribution is -2.41. The van der Waals surface area contributed by atoms with E-state index in [0.29, 0.717) is 39.3 Å². The van der Waals surface area contributed by atoms with Gasteiger partial charge >= 0.3 is 0 Å². The molecular formula is C10H22N2O3S. The van der Waals surface area contributed by atoms with E-state index in [9.17, 15) is 8.42 Å². The maximum absolute atomic E-state index is 12.2. The number of nitrogens with zero attached hydrogens (tertiary/aromatic N) is 1. The fraction of sp³-hybridized carbons (Fsp3) is 1.00. The summed E-state index contributed by atoms with van der Waals surface area (Å²) >= 11 is 0. The molecule has 1 unspecified atom stereocenters. The molecule has 0 aromatic carbocycles. The summed E-state index contributed by atoms with van der Waals surface area (Å²) in [6.45, 7) is 7.24. The van der Waals surface area contributed by atoms with E-state index < -0.39 is 10.0 Å². The SMILES string of the molecule is CCOCCN(CC)S(=O)(=O)C1CCNC1. The fourth-order valence-electron chi connectivity index (χ4n) is 1.87. The van der Waals surface area contributed by atoms with Crippen molar-refractivity contribution >= 4 is 10.0 Å². The maximum atomic E-state index is 12.2. The van der Waals surface area contributed by atoms with Gasteiger partial charge in [-0.1, -0.05) is 6.92 Å². The highest BCUT2D eigenvalue weighted by molar-refractivity contribution is 7.89. The summed E-state index contributed by atoms with van der Waals surface area (Å²) in [6, 6.07) is 0. The summed E-state index contributed by atoms with van der Waals surface area (Å²) in [5.41, 5.74) is 0. The molecule has 6 heteroatoms. The number of rotatable bonds is 7. The molecule has 1 aliphatic heterocycles. The number of ether oxygens (including phenoxy) is 1. The number of hydrogen-bond acceptors (Lipinski definition) is 4. The fourth-order valence-corrected chi connectivity index (χ4v) is 3.72. The van der Waals surface area contributed by atoms with Gasteiger partial charge in [-0.2, -0.15) is 4.31 Å². The van der Waals surface area contributed by atoms with Gasteiger partial charge in [0.05, 0.1) is 11.9 Å². The zero-order chi connectivity index (χ0) is 12.0. The highest BCUT2D eigenvalue weighted by atomic mass is 32.2. The van der Waals surface area contributed by atoms with Crippen molar-refractivity contribution in [3.05, 3.63) is 0 Å². The first-order valence-electron chi connectivity index (χ1n) is 5.90. The topological polar surface area (TPSA) is 58.6 Å². The monoisotopic (exact) mass is 250 g/mol. The van der Waals surface area contributed by atoms with Crippen LogP contribution in [0.1, 0.15) is 20.3 Å². The highest BCUT2D eigenvalue weighted by Crippen LogP contribution is 2.14. The van der Waals surface area contributed by atoms with Crippen LogP contribution in [0.5, 0.6) is 0 Å². The van der Waals surface area contributed by atoms with Gasteiger partial charge in [-0.15, -0.1) is 0 Å². The lowest BCUT2D eigenvalue weighted by atomic mass is 10.4. The Morgan fingerprint density at radius 1 is 1.44 bits per heavy atom. The third-order valence-corrected chi connectivity index (χ3v) is 5.24. The summed E-state index contributed by atoms with van der Waals surface area (Å²) < 4.78 is 31.1. The maximum Gasteiger partial charge on any atom is 0.218 e. The minimum atomic E-state index is -3.14. The highest BCUT2D eigenvalue weighted by Gasteiger charge is 2.32. The van der Waals surface area contributed by atoms with Crippen molar-refractivity contribution in [3.63, 3.8) is 0 Å². The molecule has 0 amide bonds. The minimum absolute atomic E-state index is 0.255. The van der Waals surface area contributed by atoms with E-state index in [-0.39, 0.29) is 5.25 Å². The quantitative estimate of drug-likeness (QED) is 0.648. The molecule has 0 bridgehead atoms. The molecule has 0 saturated carbocycles. The van der Waals surface area contributed by atoms with E-state index in [1.54, 1.807) is 0 Å². The first-order valence-corrected chi connectivity index (χ1v) is 7.40. The first kappa shape index (κ1) is 13.9. The Hall–Kier alpha value is -0.170. The van der Waals surface area contributed by atoms with Gasteiger partial charge in [0.15, 0.2) is 0 Å². The molecule has 1 saturated heterocycles. The largest absolute Gasteiger partial charge is 0.380 e. The summed E-state index contributed by atoms with van der Waals surface area (Å²) in [4.78, 5) is 0. The third-order valence-electron chi connectivity index (χ3n) is 2.84. The molecule has 0 spiro atoms. The van der Waals surface area contributed by atoms with Crippen LogP contribution in [0.4, 0.5) is 0 Å². The van der Waals surface area contributed by atoms with Crippen LogP contribution in [0, 0.1) is 0 Å². The van der Waals surface area contributed by atoms with Crippen LogP contribution in [-0.2, 0) is 14.8 Å². The second kappa shape index (κ2) is 6.54. The predicted molar refractivity (Wildman–Crippen MR) is 63.9 cm³/mol. The van der Waals surface area contributed by atoms with Crippen molar-refractivity contribution in [1.82, 2.24) is 9.62 Å². The van der Waals surface area contributed by atoms with Crippen molar-refractivity contribution in [1.29, 1.82) is 0 Å². The van der Waals surface area contributed by atoms with Crippen LogP contribution in [0.15, 0.2) is 0 Å². The van der Waals surface area contributed by atoms with Crippen molar-refractivity contribution in [3.8, 4) is 0 Å². The molecule has 0 aromatic heterocycles. The standard InChI is InChI=1S/C10H22N2O3S/c1-3-12(7-8-15-4-2)16(13,14)10-5-6-11-9-10/h10-11H,3-9H2,1-2H3. The van der Waals surface area contributed by atoms with Crippen LogP contribution in [0.2, 0.25) is 0 Å². The summed E-state index contributed by atoms with van der Waals surface area (Å²) in [5.74, 6) is 0. The Bertz CT molecular complexity index is 286. The van der Waals surface area contributed by atoms with Crippen molar-refractivity contribution in [2.45, 2.75) is 25.5 Å². The predicted octanol–water partition coefficient (Wildman–Crippen LogP) is 0.0365. The normalized spacial score (nSPS) is 21.8. The van der Waals surface area contributed by atoms with Gasteiger partial charge in [0.1, 0.15) is 0 Å². The van der Waals surface area contributed by atoms with Crippen LogP contribution in [-0.4, -0.2) is 57.4 Å². The summed E-state index contributed by atoms with van der Waals surface area (Å²) in [6.07, 6.45) is 0.716. The Balaban J connectivity index is 2.55. The van der Waals surface area contributed by atoms with Crippen LogP contribution >= 0.6 is 0 Å². The van der Waals surface area contributed by atoms with Gasteiger partial charge < -0.3 is 10.1 Å². The van der Waals surface area contributed by atoms with Crippen molar-refractivity contribution < 1.29 is 13.2 Å². The second-order valence-corrected chi connectivity index (χ2v) is 6.06. The van der Waals surface area contributed by atoms with Gasteiger partial charge in [0.25, 0.3) is 0 Å². The van der Waals surface area contributed by atoms with Gasteiger partial charge in [0, 0.05) is 26.2 Å². The summed E-state index contributed by atoms with van der Waals surface area (Å²) in [5, 5.41) is 2.83. The molecule has 1 N–H and O–H groups in total. The molecule has 0 aromatic rings. The molecule has 1 rings (SSSR count).